The van der Waals surface area contributed by atoms with Crippen LogP contribution in [0.3, 0.4) is 0 Å². The number of benzene rings is 2. The van der Waals surface area contributed by atoms with Gasteiger partial charge in [0.1, 0.15) is 11.5 Å². The minimum absolute atomic E-state index is 0.121. The van der Waals surface area contributed by atoms with E-state index in [1.807, 2.05) is 48.5 Å². The zero-order valence-electron chi connectivity index (χ0n) is 15.2. The van der Waals surface area contributed by atoms with Crippen LogP contribution in [0.25, 0.3) is 0 Å². The van der Waals surface area contributed by atoms with Crippen molar-refractivity contribution in [3.05, 3.63) is 59.7 Å². The molecule has 1 saturated heterocycles. The fourth-order valence-electron chi connectivity index (χ4n) is 3.79. The van der Waals surface area contributed by atoms with E-state index in [-0.39, 0.29) is 12.0 Å². The molecule has 0 aromatic heterocycles. The second-order valence-electron chi connectivity index (χ2n) is 6.56. The van der Waals surface area contributed by atoms with Crippen molar-refractivity contribution in [3.63, 3.8) is 0 Å². The Morgan fingerprint density at radius 1 is 1.04 bits per heavy atom. The second kappa shape index (κ2) is 8.23. The average Bonchev–Trinajstić information content (AvgIpc) is 2.69. The van der Waals surface area contributed by atoms with E-state index in [0.29, 0.717) is 6.54 Å². The normalized spacial score (nSPS) is 17.9. The summed E-state index contributed by atoms with van der Waals surface area (Å²) in [6.45, 7) is 1.35. The number of aliphatic carboxylic acids is 1. The number of likely N-dealkylation sites (tertiary alicyclic amines) is 1. The fourth-order valence-corrected chi connectivity index (χ4v) is 3.79. The third kappa shape index (κ3) is 3.68. The SMILES string of the molecule is COc1ccccc1C(c1ccccc1OC)N1CCCC(C(=O)O)C1. The molecule has 0 saturated carbocycles. The van der Waals surface area contributed by atoms with Gasteiger partial charge in [-0.05, 0) is 31.5 Å². The Balaban J connectivity index is 2.09. The Bertz CT molecular complexity index is 714. The summed E-state index contributed by atoms with van der Waals surface area (Å²) in [5, 5.41) is 9.50. The molecule has 3 rings (SSSR count). The summed E-state index contributed by atoms with van der Waals surface area (Å²) < 4.78 is 11.2. The standard InChI is InChI=1S/C21H25NO4/c1-25-18-11-5-3-9-16(18)20(17-10-4-6-12-19(17)26-2)22-13-7-8-15(14-22)21(23)24/h3-6,9-12,15,20H,7-8,13-14H2,1-2H3,(H,23,24). The minimum atomic E-state index is -0.728. The van der Waals surface area contributed by atoms with E-state index in [0.717, 1.165) is 42.0 Å². The molecule has 1 aliphatic heterocycles. The Labute approximate surface area is 154 Å². The Hall–Kier alpha value is -2.53. The molecule has 1 fully saturated rings. The molecule has 5 nitrogen and oxygen atoms in total. The van der Waals surface area contributed by atoms with Crippen molar-refractivity contribution in [2.24, 2.45) is 5.92 Å². The van der Waals surface area contributed by atoms with Gasteiger partial charge in [0.15, 0.2) is 0 Å². The number of carbonyl (C=O) groups is 1. The van der Waals surface area contributed by atoms with Crippen LogP contribution in [0.1, 0.15) is 30.0 Å². The molecule has 1 heterocycles. The van der Waals surface area contributed by atoms with Gasteiger partial charge in [-0.1, -0.05) is 36.4 Å². The van der Waals surface area contributed by atoms with Crippen molar-refractivity contribution >= 4 is 5.97 Å². The molecule has 2 aromatic rings. The number of hydrogen-bond donors (Lipinski definition) is 1. The molecule has 0 radical (unpaired) electrons. The van der Waals surface area contributed by atoms with Crippen molar-refractivity contribution in [3.8, 4) is 11.5 Å². The highest BCUT2D eigenvalue weighted by Crippen LogP contribution is 2.40. The van der Waals surface area contributed by atoms with Gasteiger partial charge >= 0.3 is 5.97 Å². The lowest BCUT2D eigenvalue weighted by molar-refractivity contribution is -0.143. The van der Waals surface area contributed by atoms with Gasteiger partial charge < -0.3 is 14.6 Å². The number of methoxy groups -OCH3 is 2. The second-order valence-corrected chi connectivity index (χ2v) is 6.56. The van der Waals surface area contributed by atoms with Crippen LogP contribution in [0, 0.1) is 5.92 Å². The quantitative estimate of drug-likeness (QED) is 0.858. The molecule has 1 N–H and O–H groups in total. The maximum Gasteiger partial charge on any atom is 0.307 e. The highest BCUT2D eigenvalue weighted by Gasteiger charge is 2.33. The lowest BCUT2D eigenvalue weighted by atomic mass is 9.90. The van der Waals surface area contributed by atoms with Gasteiger partial charge in [-0.2, -0.15) is 0 Å². The molecule has 0 aliphatic carbocycles. The number of hydrogen-bond acceptors (Lipinski definition) is 4. The van der Waals surface area contributed by atoms with Gasteiger partial charge in [0.2, 0.25) is 0 Å². The summed E-state index contributed by atoms with van der Waals surface area (Å²) in [5.74, 6) is 0.505. The molecule has 0 spiro atoms. The van der Waals surface area contributed by atoms with E-state index in [1.165, 1.54) is 0 Å². The van der Waals surface area contributed by atoms with Crippen LogP contribution >= 0.6 is 0 Å². The van der Waals surface area contributed by atoms with E-state index in [2.05, 4.69) is 4.90 Å². The summed E-state index contributed by atoms with van der Waals surface area (Å²) >= 11 is 0. The number of para-hydroxylation sites is 2. The topological polar surface area (TPSA) is 59.0 Å². The predicted octanol–water partition coefficient (Wildman–Crippen LogP) is 3.59. The molecule has 138 valence electrons. The first-order valence-corrected chi connectivity index (χ1v) is 8.88. The van der Waals surface area contributed by atoms with E-state index < -0.39 is 5.97 Å². The zero-order chi connectivity index (χ0) is 18.5. The van der Waals surface area contributed by atoms with Crippen molar-refractivity contribution in [2.75, 3.05) is 27.3 Å². The molecule has 26 heavy (non-hydrogen) atoms. The van der Waals surface area contributed by atoms with E-state index in [9.17, 15) is 9.90 Å². The molecule has 1 aliphatic rings. The molecule has 1 atom stereocenters. The largest absolute Gasteiger partial charge is 0.496 e. The molecule has 0 amide bonds. The number of carboxylic acid groups (broad SMARTS) is 1. The smallest absolute Gasteiger partial charge is 0.307 e. The van der Waals surface area contributed by atoms with Gasteiger partial charge in [0.05, 0.1) is 26.2 Å². The van der Waals surface area contributed by atoms with Gasteiger partial charge in [0.25, 0.3) is 0 Å². The fraction of sp³-hybridized carbons (Fsp3) is 0.381. The lowest BCUT2D eigenvalue weighted by Gasteiger charge is -2.38. The van der Waals surface area contributed by atoms with Crippen molar-refractivity contribution in [2.45, 2.75) is 18.9 Å². The van der Waals surface area contributed by atoms with E-state index in [4.69, 9.17) is 9.47 Å². The van der Waals surface area contributed by atoms with Crippen LogP contribution in [-0.2, 0) is 4.79 Å². The van der Waals surface area contributed by atoms with Crippen LogP contribution in [0.2, 0.25) is 0 Å². The van der Waals surface area contributed by atoms with Gasteiger partial charge in [0, 0.05) is 17.7 Å². The van der Waals surface area contributed by atoms with Gasteiger partial charge in [-0.3, -0.25) is 9.69 Å². The molecule has 1 unspecified atom stereocenters. The third-order valence-electron chi connectivity index (χ3n) is 5.03. The molecule has 0 bridgehead atoms. The minimum Gasteiger partial charge on any atom is -0.496 e. The summed E-state index contributed by atoms with van der Waals surface area (Å²) in [6, 6.07) is 15.7. The number of rotatable bonds is 6. The monoisotopic (exact) mass is 355 g/mol. The molecular formula is C21H25NO4. The summed E-state index contributed by atoms with van der Waals surface area (Å²) in [6.07, 6.45) is 1.58. The Morgan fingerprint density at radius 2 is 1.58 bits per heavy atom. The van der Waals surface area contributed by atoms with Gasteiger partial charge in [-0.15, -0.1) is 0 Å². The molecule has 2 aromatic carbocycles. The first kappa shape index (κ1) is 18.3. The van der Waals surface area contributed by atoms with Crippen molar-refractivity contribution < 1.29 is 19.4 Å². The average molecular weight is 355 g/mol. The number of piperidine rings is 1. The first-order valence-electron chi connectivity index (χ1n) is 8.88. The van der Waals surface area contributed by atoms with Gasteiger partial charge in [-0.25, -0.2) is 0 Å². The van der Waals surface area contributed by atoms with Crippen LogP contribution in [-0.4, -0.2) is 43.3 Å². The maximum atomic E-state index is 11.6. The van der Waals surface area contributed by atoms with Crippen molar-refractivity contribution in [1.82, 2.24) is 4.90 Å². The number of ether oxygens (including phenoxy) is 2. The summed E-state index contributed by atoms with van der Waals surface area (Å²) in [4.78, 5) is 13.8. The van der Waals surface area contributed by atoms with Crippen LogP contribution in [0.5, 0.6) is 11.5 Å². The van der Waals surface area contributed by atoms with E-state index in [1.54, 1.807) is 14.2 Å². The predicted molar refractivity (Wildman–Crippen MR) is 99.8 cm³/mol. The zero-order valence-corrected chi connectivity index (χ0v) is 15.2. The van der Waals surface area contributed by atoms with E-state index >= 15 is 0 Å². The Kier molecular flexibility index (Phi) is 5.78. The highest BCUT2D eigenvalue weighted by molar-refractivity contribution is 5.70. The van der Waals surface area contributed by atoms with Crippen LogP contribution in [0.15, 0.2) is 48.5 Å². The van der Waals surface area contributed by atoms with Crippen LogP contribution in [0.4, 0.5) is 0 Å². The lowest BCUT2D eigenvalue weighted by Crippen LogP contribution is -2.41. The molecular weight excluding hydrogens is 330 g/mol. The first-order chi connectivity index (χ1) is 12.7. The highest BCUT2D eigenvalue weighted by atomic mass is 16.5. The Morgan fingerprint density at radius 3 is 2.08 bits per heavy atom. The summed E-state index contributed by atoms with van der Waals surface area (Å²) in [5.41, 5.74) is 2.04. The van der Waals surface area contributed by atoms with Crippen molar-refractivity contribution in [1.29, 1.82) is 0 Å². The number of nitrogens with zero attached hydrogens (tertiary/aromatic N) is 1. The summed E-state index contributed by atoms with van der Waals surface area (Å²) in [7, 11) is 3.32. The maximum absolute atomic E-state index is 11.6. The van der Waals surface area contributed by atoms with Crippen LogP contribution < -0.4 is 9.47 Å². The number of carboxylic acids is 1. The molecule has 5 heteroatoms. The third-order valence-corrected chi connectivity index (χ3v) is 5.03.